The SMILES string of the molecule is CCN(C(=O)COc1ccnc2c1CCCC2)C1CCCCC1. The molecule has 23 heavy (non-hydrogen) atoms. The molecule has 0 bridgehead atoms. The molecule has 1 aromatic heterocycles. The zero-order valence-corrected chi connectivity index (χ0v) is 14.2. The summed E-state index contributed by atoms with van der Waals surface area (Å²) >= 11 is 0. The number of hydrogen-bond acceptors (Lipinski definition) is 3. The molecule has 1 fully saturated rings. The van der Waals surface area contributed by atoms with Gasteiger partial charge in [-0.2, -0.15) is 0 Å². The van der Waals surface area contributed by atoms with Gasteiger partial charge in [-0.05, 0) is 51.5 Å². The van der Waals surface area contributed by atoms with Crippen LogP contribution in [-0.4, -0.2) is 35.0 Å². The lowest BCUT2D eigenvalue weighted by atomic mass is 9.94. The van der Waals surface area contributed by atoms with E-state index in [1.54, 1.807) is 0 Å². The predicted molar refractivity (Wildman–Crippen MR) is 90.6 cm³/mol. The fourth-order valence-electron chi connectivity index (χ4n) is 3.98. The number of rotatable bonds is 5. The van der Waals surface area contributed by atoms with Crippen LogP contribution in [0.3, 0.4) is 0 Å². The van der Waals surface area contributed by atoms with Crippen LogP contribution >= 0.6 is 0 Å². The van der Waals surface area contributed by atoms with Crippen LogP contribution in [0.5, 0.6) is 5.75 Å². The summed E-state index contributed by atoms with van der Waals surface area (Å²) in [4.78, 5) is 19.1. The molecule has 1 saturated carbocycles. The molecule has 1 heterocycles. The van der Waals surface area contributed by atoms with E-state index in [1.807, 2.05) is 17.2 Å². The third-order valence-electron chi connectivity index (χ3n) is 5.22. The first-order chi connectivity index (χ1) is 11.3. The van der Waals surface area contributed by atoms with E-state index in [4.69, 9.17) is 4.74 Å². The number of aryl methyl sites for hydroxylation is 1. The minimum Gasteiger partial charge on any atom is -0.483 e. The Morgan fingerprint density at radius 1 is 1.22 bits per heavy atom. The summed E-state index contributed by atoms with van der Waals surface area (Å²) in [5.74, 6) is 0.989. The van der Waals surface area contributed by atoms with Crippen molar-refractivity contribution >= 4 is 5.91 Å². The van der Waals surface area contributed by atoms with Crippen molar-refractivity contribution in [3.8, 4) is 5.75 Å². The monoisotopic (exact) mass is 316 g/mol. The minimum absolute atomic E-state index is 0.126. The van der Waals surface area contributed by atoms with Crippen molar-refractivity contribution in [1.82, 2.24) is 9.88 Å². The molecule has 2 aliphatic rings. The van der Waals surface area contributed by atoms with E-state index in [0.717, 1.165) is 43.7 Å². The van der Waals surface area contributed by atoms with Gasteiger partial charge in [-0.15, -0.1) is 0 Å². The fourth-order valence-corrected chi connectivity index (χ4v) is 3.98. The second-order valence-corrected chi connectivity index (χ2v) is 6.70. The number of carbonyl (C=O) groups excluding carboxylic acids is 1. The molecule has 4 nitrogen and oxygen atoms in total. The number of fused-ring (bicyclic) bond motifs is 1. The van der Waals surface area contributed by atoms with Crippen molar-refractivity contribution in [3.63, 3.8) is 0 Å². The summed E-state index contributed by atoms with van der Waals surface area (Å²) in [6.07, 6.45) is 12.3. The number of aromatic nitrogens is 1. The molecule has 4 heteroatoms. The van der Waals surface area contributed by atoms with Gasteiger partial charge in [0.25, 0.3) is 5.91 Å². The van der Waals surface area contributed by atoms with Crippen molar-refractivity contribution in [1.29, 1.82) is 0 Å². The highest BCUT2D eigenvalue weighted by atomic mass is 16.5. The molecule has 0 aromatic carbocycles. The molecule has 0 spiro atoms. The van der Waals surface area contributed by atoms with Gasteiger partial charge in [0.15, 0.2) is 6.61 Å². The highest BCUT2D eigenvalue weighted by Gasteiger charge is 2.24. The molecule has 0 saturated heterocycles. The van der Waals surface area contributed by atoms with Crippen LogP contribution in [0.25, 0.3) is 0 Å². The standard InChI is InChI=1S/C19H28N2O2/c1-2-21(15-8-4-3-5-9-15)19(22)14-23-18-12-13-20-17-11-7-6-10-16(17)18/h12-13,15H,2-11,14H2,1H3. The Morgan fingerprint density at radius 2 is 2.00 bits per heavy atom. The van der Waals surface area contributed by atoms with Crippen molar-refractivity contribution in [2.24, 2.45) is 0 Å². The van der Waals surface area contributed by atoms with Crippen molar-refractivity contribution in [3.05, 3.63) is 23.5 Å². The number of carbonyl (C=O) groups is 1. The molecule has 126 valence electrons. The summed E-state index contributed by atoms with van der Waals surface area (Å²) in [5, 5.41) is 0. The van der Waals surface area contributed by atoms with Crippen LogP contribution in [0.2, 0.25) is 0 Å². The Kier molecular flexibility index (Phi) is 5.52. The highest BCUT2D eigenvalue weighted by Crippen LogP contribution is 2.28. The normalized spacial score (nSPS) is 18.3. The number of ether oxygens (including phenoxy) is 1. The lowest BCUT2D eigenvalue weighted by Gasteiger charge is -2.33. The Balaban J connectivity index is 1.62. The van der Waals surface area contributed by atoms with Crippen LogP contribution < -0.4 is 4.74 Å². The zero-order valence-electron chi connectivity index (χ0n) is 14.2. The van der Waals surface area contributed by atoms with Gasteiger partial charge in [-0.25, -0.2) is 0 Å². The van der Waals surface area contributed by atoms with Gasteiger partial charge < -0.3 is 9.64 Å². The smallest absolute Gasteiger partial charge is 0.260 e. The fraction of sp³-hybridized carbons (Fsp3) is 0.684. The van der Waals surface area contributed by atoms with Gasteiger partial charge in [0.2, 0.25) is 0 Å². The summed E-state index contributed by atoms with van der Waals surface area (Å²) in [6, 6.07) is 2.32. The predicted octanol–water partition coefficient (Wildman–Crippen LogP) is 3.52. The average Bonchev–Trinajstić information content (AvgIpc) is 2.61. The molecule has 0 N–H and O–H groups in total. The van der Waals surface area contributed by atoms with E-state index < -0.39 is 0 Å². The number of amides is 1. The van der Waals surface area contributed by atoms with E-state index in [9.17, 15) is 4.79 Å². The molecule has 0 atom stereocenters. The molecular weight excluding hydrogens is 288 g/mol. The first-order valence-electron chi connectivity index (χ1n) is 9.18. The molecule has 0 aliphatic heterocycles. The molecule has 2 aliphatic carbocycles. The van der Waals surface area contributed by atoms with E-state index in [1.165, 1.54) is 37.7 Å². The number of pyridine rings is 1. The van der Waals surface area contributed by atoms with Gasteiger partial charge in [0, 0.05) is 30.0 Å². The lowest BCUT2D eigenvalue weighted by Crippen LogP contribution is -2.43. The molecular formula is C19H28N2O2. The van der Waals surface area contributed by atoms with Gasteiger partial charge in [0.1, 0.15) is 5.75 Å². The van der Waals surface area contributed by atoms with Crippen molar-refractivity contribution in [2.45, 2.75) is 70.8 Å². The molecule has 0 unspecified atom stereocenters. The second-order valence-electron chi connectivity index (χ2n) is 6.70. The van der Waals surface area contributed by atoms with E-state index in [0.29, 0.717) is 6.04 Å². The van der Waals surface area contributed by atoms with Crippen molar-refractivity contribution < 1.29 is 9.53 Å². The molecule has 1 amide bonds. The maximum Gasteiger partial charge on any atom is 0.260 e. The van der Waals surface area contributed by atoms with E-state index in [2.05, 4.69) is 11.9 Å². The van der Waals surface area contributed by atoms with Gasteiger partial charge in [0.05, 0.1) is 0 Å². The first-order valence-corrected chi connectivity index (χ1v) is 9.18. The van der Waals surface area contributed by atoms with Crippen LogP contribution in [0, 0.1) is 0 Å². The summed E-state index contributed by atoms with van der Waals surface area (Å²) in [7, 11) is 0. The minimum atomic E-state index is 0.126. The first kappa shape index (κ1) is 16.3. The summed E-state index contributed by atoms with van der Waals surface area (Å²) in [5.41, 5.74) is 2.37. The number of likely N-dealkylation sites (N-methyl/N-ethyl adjacent to an activating group) is 1. The third kappa shape index (κ3) is 3.85. The zero-order chi connectivity index (χ0) is 16.1. The van der Waals surface area contributed by atoms with Crippen LogP contribution in [-0.2, 0) is 17.6 Å². The van der Waals surface area contributed by atoms with Crippen LogP contribution in [0.15, 0.2) is 12.3 Å². The summed E-state index contributed by atoms with van der Waals surface area (Å²) < 4.78 is 5.91. The molecule has 0 radical (unpaired) electrons. The highest BCUT2D eigenvalue weighted by molar-refractivity contribution is 5.78. The number of hydrogen-bond donors (Lipinski definition) is 0. The summed E-state index contributed by atoms with van der Waals surface area (Å²) in [6.45, 7) is 3.00. The molecule has 3 rings (SSSR count). The van der Waals surface area contributed by atoms with Gasteiger partial charge in [-0.3, -0.25) is 9.78 Å². The van der Waals surface area contributed by atoms with Crippen LogP contribution in [0.1, 0.15) is 63.1 Å². The number of nitrogens with zero attached hydrogens (tertiary/aromatic N) is 2. The maximum absolute atomic E-state index is 12.6. The van der Waals surface area contributed by atoms with E-state index >= 15 is 0 Å². The average molecular weight is 316 g/mol. The lowest BCUT2D eigenvalue weighted by molar-refractivity contribution is -0.136. The largest absolute Gasteiger partial charge is 0.483 e. The maximum atomic E-state index is 12.6. The van der Waals surface area contributed by atoms with Crippen molar-refractivity contribution in [2.75, 3.05) is 13.2 Å². The Morgan fingerprint density at radius 3 is 2.78 bits per heavy atom. The second kappa shape index (κ2) is 7.80. The van der Waals surface area contributed by atoms with Gasteiger partial charge in [-0.1, -0.05) is 19.3 Å². The molecule has 1 aromatic rings. The van der Waals surface area contributed by atoms with E-state index in [-0.39, 0.29) is 12.5 Å². The van der Waals surface area contributed by atoms with Gasteiger partial charge >= 0.3 is 0 Å². The Bertz CT molecular complexity index is 538. The topological polar surface area (TPSA) is 42.4 Å². The quantitative estimate of drug-likeness (QED) is 0.834. The van der Waals surface area contributed by atoms with Crippen LogP contribution in [0.4, 0.5) is 0 Å². The Hall–Kier alpha value is -1.58. The Labute approximate surface area is 139 Å². The third-order valence-corrected chi connectivity index (χ3v) is 5.22.